The lowest BCUT2D eigenvalue weighted by molar-refractivity contribution is -0.119. The summed E-state index contributed by atoms with van der Waals surface area (Å²) >= 11 is 0. The first-order valence-electron chi connectivity index (χ1n) is 10.5. The van der Waals surface area contributed by atoms with Gasteiger partial charge in [0.1, 0.15) is 0 Å². The van der Waals surface area contributed by atoms with Crippen molar-refractivity contribution in [2.45, 2.75) is 18.2 Å². The number of nitrogens with one attached hydrogen (secondary N) is 1. The summed E-state index contributed by atoms with van der Waals surface area (Å²) in [7, 11) is -3.24. The van der Waals surface area contributed by atoms with Gasteiger partial charge in [0.25, 0.3) is 0 Å². The summed E-state index contributed by atoms with van der Waals surface area (Å²) in [6.45, 7) is 5.39. The number of rotatable bonds is 7. The average Bonchev–Trinajstić information content (AvgIpc) is 2.81. The standard InChI is InChI=1S/C24H27N3O4S/c1-2-32(30,31)23-11-7-21(8-12-23)18-24(29)25-22-9-5-20(6-10-22)4-3-13-26-14-16-27(19-28)17-15-26/h5-12,19H,2,13-18H2,1H3,(H,25,29). The molecular weight excluding hydrogens is 426 g/mol. The molecule has 0 unspecified atom stereocenters. The zero-order valence-electron chi connectivity index (χ0n) is 18.1. The van der Waals surface area contributed by atoms with Gasteiger partial charge in [-0.1, -0.05) is 30.9 Å². The number of carbonyl (C=O) groups excluding carboxylic acids is 2. The number of amides is 2. The second-order valence-corrected chi connectivity index (χ2v) is 9.85. The summed E-state index contributed by atoms with van der Waals surface area (Å²) in [5, 5.41) is 2.84. The molecule has 0 saturated carbocycles. The summed E-state index contributed by atoms with van der Waals surface area (Å²) in [6.07, 6.45) is 1.05. The Balaban J connectivity index is 1.48. The van der Waals surface area contributed by atoms with Gasteiger partial charge >= 0.3 is 0 Å². The van der Waals surface area contributed by atoms with Crippen molar-refractivity contribution in [3.8, 4) is 11.8 Å². The van der Waals surface area contributed by atoms with Crippen LogP contribution in [0.15, 0.2) is 53.4 Å². The van der Waals surface area contributed by atoms with E-state index in [1.807, 2.05) is 24.3 Å². The minimum atomic E-state index is -3.24. The van der Waals surface area contributed by atoms with Crippen LogP contribution in [0.25, 0.3) is 0 Å². The van der Waals surface area contributed by atoms with Gasteiger partial charge in [0.05, 0.1) is 23.6 Å². The van der Waals surface area contributed by atoms with Crippen LogP contribution in [0.1, 0.15) is 18.1 Å². The van der Waals surface area contributed by atoms with E-state index in [1.54, 1.807) is 24.0 Å². The molecule has 0 atom stereocenters. The molecule has 1 aliphatic rings. The topological polar surface area (TPSA) is 86.8 Å². The SMILES string of the molecule is CCS(=O)(=O)c1ccc(CC(=O)Nc2ccc(C#CCN3CCN(C=O)CC3)cc2)cc1. The summed E-state index contributed by atoms with van der Waals surface area (Å²) in [5.74, 6) is 6.15. The van der Waals surface area contributed by atoms with E-state index in [0.29, 0.717) is 12.2 Å². The number of piperazine rings is 1. The summed E-state index contributed by atoms with van der Waals surface area (Å²) < 4.78 is 23.7. The molecule has 0 spiro atoms. The van der Waals surface area contributed by atoms with Crippen LogP contribution in [-0.2, 0) is 25.8 Å². The molecule has 1 aliphatic heterocycles. The van der Waals surface area contributed by atoms with E-state index >= 15 is 0 Å². The highest BCUT2D eigenvalue weighted by atomic mass is 32.2. The van der Waals surface area contributed by atoms with Gasteiger partial charge in [0, 0.05) is 37.4 Å². The fraction of sp³-hybridized carbons (Fsp3) is 0.333. The van der Waals surface area contributed by atoms with Gasteiger partial charge in [-0.3, -0.25) is 14.5 Å². The average molecular weight is 454 g/mol. The maximum absolute atomic E-state index is 12.3. The first-order valence-corrected chi connectivity index (χ1v) is 12.2. The number of benzene rings is 2. The minimum Gasteiger partial charge on any atom is -0.343 e. The number of nitrogens with zero attached hydrogens (tertiary/aromatic N) is 2. The molecule has 8 heteroatoms. The van der Waals surface area contributed by atoms with E-state index in [1.165, 1.54) is 12.1 Å². The van der Waals surface area contributed by atoms with Crippen LogP contribution in [0.4, 0.5) is 5.69 Å². The van der Waals surface area contributed by atoms with Crippen molar-refractivity contribution in [1.29, 1.82) is 0 Å². The normalized spacial score (nSPS) is 14.3. The Hall–Kier alpha value is -3.15. The maximum Gasteiger partial charge on any atom is 0.228 e. The van der Waals surface area contributed by atoms with Crippen molar-refractivity contribution < 1.29 is 18.0 Å². The van der Waals surface area contributed by atoms with E-state index in [-0.39, 0.29) is 23.0 Å². The van der Waals surface area contributed by atoms with Crippen LogP contribution in [-0.4, -0.2) is 69.0 Å². The lowest BCUT2D eigenvalue weighted by Gasteiger charge is -2.31. The van der Waals surface area contributed by atoms with Crippen molar-refractivity contribution >= 4 is 27.8 Å². The molecule has 2 aromatic carbocycles. The smallest absolute Gasteiger partial charge is 0.228 e. The fourth-order valence-electron chi connectivity index (χ4n) is 3.29. The second kappa shape index (κ2) is 10.9. The number of hydrogen-bond acceptors (Lipinski definition) is 5. The van der Waals surface area contributed by atoms with Gasteiger partial charge in [0.2, 0.25) is 12.3 Å². The number of sulfone groups is 1. The van der Waals surface area contributed by atoms with E-state index in [0.717, 1.165) is 43.7 Å². The van der Waals surface area contributed by atoms with Crippen molar-refractivity contribution in [3.05, 3.63) is 59.7 Å². The summed E-state index contributed by atoms with van der Waals surface area (Å²) in [5.41, 5.74) is 2.28. The van der Waals surface area contributed by atoms with Gasteiger partial charge in [-0.25, -0.2) is 8.42 Å². The van der Waals surface area contributed by atoms with Gasteiger partial charge in [-0.2, -0.15) is 0 Å². The van der Waals surface area contributed by atoms with Crippen molar-refractivity contribution in [1.82, 2.24) is 9.80 Å². The predicted octanol–water partition coefficient (Wildman–Crippen LogP) is 1.79. The maximum atomic E-state index is 12.3. The van der Waals surface area contributed by atoms with Gasteiger partial charge in [0.15, 0.2) is 9.84 Å². The fourth-order valence-corrected chi connectivity index (χ4v) is 4.17. The molecule has 3 rings (SSSR count). The summed E-state index contributed by atoms with van der Waals surface area (Å²) in [6, 6.07) is 13.7. The molecule has 2 aromatic rings. The van der Waals surface area contributed by atoms with Crippen LogP contribution < -0.4 is 5.32 Å². The zero-order valence-corrected chi connectivity index (χ0v) is 18.9. The third kappa shape index (κ3) is 6.67. The van der Waals surface area contributed by atoms with Gasteiger partial charge in [-0.15, -0.1) is 0 Å². The first-order chi connectivity index (χ1) is 15.4. The first kappa shape index (κ1) is 23.5. The summed E-state index contributed by atoms with van der Waals surface area (Å²) in [4.78, 5) is 27.3. The molecular formula is C24H27N3O4S. The molecule has 0 radical (unpaired) electrons. The number of hydrogen-bond donors (Lipinski definition) is 1. The zero-order chi connectivity index (χ0) is 23.0. The van der Waals surface area contributed by atoms with Crippen LogP contribution in [0.3, 0.4) is 0 Å². The quantitative estimate of drug-likeness (QED) is 0.510. The second-order valence-electron chi connectivity index (χ2n) is 7.57. The Labute approximate surface area is 189 Å². The third-order valence-corrected chi connectivity index (χ3v) is 7.04. The predicted molar refractivity (Wildman–Crippen MR) is 124 cm³/mol. The van der Waals surface area contributed by atoms with E-state index in [4.69, 9.17) is 0 Å². The molecule has 1 fully saturated rings. The van der Waals surface area contributed by atoms with E-state index in [2.05, 4.69) is 22.1 Å². The molecule has 0 aromatic heterocycles. The van der Waals surface area contributed by atoms with Crippen molar-refractivity contribution in [2.24, 2.45) is 0 Å². The molecule has 2 amide bonds. The highest BCUT2D eigenvalue weighted by Crippen LogP contribution is 2.14. The van der Waals surface area contributed by atoms with Crippen molar-refractivity contribution in [3.63, 3.8) is 0 Å². The Morgan fingerprint density at radius 2 is 1.69 bits per heavy atom. The monoisotopic (exact) mass is 453 g/mol. The molecule has 1 saturated heterocycles. The van der Waals surface area contributed by atoms with Crippen LogP contribution >= 0.6 is 0 Å². The Bertz CT molecular complexity index is 1090. The van der Waals surface area contributed by atoms with Gasteiger partial charge in [-0.05, 0) is 42.0 Å². The Morgan fingerprint density at radius 3 is 2.28 bits per heavy atom. The molecule has 32 heavy (non-hydrogen) atoms. The van der Waals surface area contributed by atoms with Crippen LogP contribution in [0.5, 0.6) is 0 Å². The van der Waals surface area contributed by atoms with Crippen LogP contribution in [0, 0.1) is 11.8 Å². The number of carbonyl (C=O) groups is 2. The highest BCUT2D eigenvalue weighted by Gasteiger charge is 2.14. The minimum absolute atomic E-state index is 0.0472. The van der Waals surface area contributed by atoms with Gasteiger partial charge < -0.3 is 10.2 Å². The molecule has 1 N–H and O–H groups in total. The van der Waals surface area contributed by atoms with E-state index < -0.39 is 9.84 Å². The van der Waals surface area contributed by atoms with E-state index in [9.17, 15) is 18.0 Å². The largest absolute Gasteiger partial charge is 0.343 e. The highest BCUT2D eigenvalue weighted by molar-refractivity contribution is 7.91. The molecule has 7 nitrogen and oxygen atoms in total. The lowest BCUT2D eigenvalue weighted by Crippen LogP contribution is -2.45. The lowest BCUT2D eigenvalue weighted by atomic mass is 10.1. The molecule has 1 heterocycles. The Morgan fingerprint density at radius 1 is 1.03 bits per heavy atom. The van der Waals surface area contributed by atoms with Crippen LogP contribution in [0.2, 0.25) is 0 Å². The molecule has 0 bridgehead atoms. The molecule has 168 valence electrons. The third-order valence-electron chi connectivity index (χ3n) is 5.29. The molecule has 0 aliphatic carbocycles. The van der Waals surface area contributed by atoms with Crippen molar-refractivity contribution in [2.75, 3.05) is 43.8 Å². The number of anilines is 1. The Kier molecular flexibility index (Phi) is 8.03.